The van der Waals surface area contributed by atoms with Gasteiger partial charge in [-0.05, 0) is 30.3 Å². The molecule has 0 radical (unpaired) electrons. The number of aromatic nitrogens is 3. The largest absolute Gasteiger partial charge is 0.277 e. The highest BCUT2D eigenvalue weighted by Gasteiger charge is 2.12. The first-order valence-electron chi connectivity index (χ1n) is 5.77. The summed E-state index contributed by atoms with van der Waals surface area (Å²) in [5, 5.41) is 7.13. The topological polar surface area (TPSA) is 41.6 Å². The van der Waals surface area contributed by atoms with Gasteiger partial charge in [0, 0.05) is 17.3 Å². The fraction of sp³-hybridized carbons (Fsp3) is 0. The lowest BCUT2D eigenvalue weighted by atomic mass is 10.1. The molecule has 3 aromatic rings. The van der Waals surface area contributed by atoms with E-state index in [0.717, 1.165) is 11.6 Å². The maximum Gasteiger partial charge on any atom is 0.168 e. The lowest BCUT2D eigenvalue weighted by molar-refractivity contribution is 0.511. The molecule has 2 aromatic heterocycles. The third kappa shape index (κ3) is 2.28. The number of aromatic amines is 1. The number of pyridine rings is 1. The molecule has 0 aliphatic heterocycles. The minimum absolute atomic E-state index is 0.130. The minimum atomic E-state index is -0.906. The molecule has 0 bridgehead atoms. The molecule has 0 amide bonds. The van der Waals surface area contributed by atoms with Crippen LogP contribution in [0.15, 0.2) is 42.6 Å². The lowest BCUT2D eigenvalue weighted by Gasteiger charge is -1.99. The van der Waals surface area contributed by atoms with Crippen LogP contribution in [0.3, 0.4) is 0 Å². The zero-order valence-electron chi connectivity index (χ0n) is 10.1. The molecule has 2 heterocycles. The van der Waals surface area contributed by atoms with Crippen molar-refractivity contribution in [1.29, 1.82) is 0 Å². The average Bonchev–Trinajstić information content (AvgIpc) is 2.92. The maximum absolute atomic E-state index is 13.7. The number of nitrogens with zero attached hydrogens (tertiary/aromatic N) is 2. The summed E-state index contributed by atoms with van der Waals surface area (Å²) >= 11 is 5.71. The van der Waals surface area contributed by atoms with Gasteiger partial charge < -0.3 is 0 Å². The first-order valence-corrected chi connectivity index (χ1v) is 6.14. The van der Waals surface area contributed by atoms with Crippen LogP contribution in [0.4, 0.5) is 8.78 Å². The summed E-state index contributed by atoms with van der Waals surface area (Å²) < 4.78 is 26.9. The van der Waals surface area contributed by atoms with Crippen molar-refractivity contribution in [2.75, 3.05) is 0 Å². The van der Waals surface area contributed by atoms with E-state index in [-0.39, 0.29) is 5.56 Å². The number of rotatable bonds is 2. The third-order valence-electron chi connectivity index (χ3n) is 2.84. The summed E-state index contributed by atoms with van der Waals surface area (Å²) in [6, 6.07) is 9.00. The minimum Gasteiger partial charge on any atom is -0.277 e. The number of benzene rings is 1. The van der Waals surface area contributed by atoms with Crippen molar-refractivity contribution in [2.24, 2.45) is 0 Å². The predicted octanol–water partition coefficient (Wildman–Crippen LogP) is 4.07. The van der Waals surface area contributed by atoms with E-state index in [2.05, 4.69) is 15.2 Å². The Labute approximate surface area is 118 Å². The highest BCUT2D eigenvalue weighted by Crippen LogP contribution is 2.26. The number of hydrogen-bond acceptors (Lipinski definition) is 2. The Morgan fingerprint density at radius 1 is 1.10 bits per heavy atom. The molecule has 0 spiro atoms. The second-order valence-electron chi connectivity index (χ2n) is 4.14. The third-order valence-corrected chi connectivity index (χ3v) is 3.07. The zero-order valence-corrected chi connectivity index (χ0v) is 10.8. The van der Waals surface area contributed by atoms with Crippen LogP contribution < -0.4 is 0 Å². The molecule has 3 rings (SSSR count). The van der Waals surface area contributed by atoms with E-state index in [1.54, 1.807) is 24.4 Å². The van der Waals surface area contributed by atoms with Crippen molar-refractivity contribution in [2.45, 2.75) is 0 Å². The number of hydrogen-bond donors (Lipinski definition) is 1. The van der Waals surface area contributed by atoms with E-state index in [9.17, 15) is 8.78 Å². The standard InChI is InChI=1S/C14H8ClF2N3/c15-13-5-4-8(7-18-13)11-6-12(20-19-11)9-2-1-3-10(16)14(9)17/h1-7H,(H,19,20). The van der Waals surface area contributed by atoms with Gasteiger partial charge in [0.25, 0.3) is 0 Å². The van der Waals surface area contributed by atoms with Gasteiger partial charge in [0.05, 0.1) is 11.4 Å². The molecule has 0 fully saturated rings. The fourth-order valence-corrected chi connectivity index (χ4v) is 1.96. The van der Waals surface area contributed by atoms with Crippen molar-refractivity contribution in [1.82, 2.24) is 15.2 Å². The van der Waals surface area contributed by atoms with E-state index in [1.807, 2.05) is 0 Å². The van der Waals surface area contributed by atoms with Gasteiger partial charge in [-0.25, -0.2) is 13.8 Å². The van der Waals surface area contributed by atoms with Crippen molar-refractivity contribution in [3.8, 4) is 22.5 Å². The molecule has 0 saturated carbocycles. The molecule has 0 aliphatic carbocycles. The van der Waals surface area contributed by atoms with Gasteiger partial charge >= 0.3 is 0 Å². The van der Waals surface area contributed by atoms with Crippen molar-refractivity contribution in [3.05, 3.63) is 59.4 Å². The summed E-state index contributed by atoms with van der Waals surface area (Å²) in [7, 11) is 0. The molecule has 100 valence electrons. The first kappa shape index (κ1) is 12.7. The van der Waals surface area contributed by atoms with Crippen LogP contribution in [-0.4, -0.2) is 15.2 Å². The molecule has 0 atom stereocenters. The molecule has 0 saturated heterocycles. The molecule has 3 nitrogen and oxygen atoms in total. The van der Waals surface area contributed by atoms with Crippen LogP contribution in [-0.2, 0) is 0 Å². The second kappa shape index (κ2) is 5.02. The highest BCUT2D eigenvalue weighted by molar-refractivity contribution is 6.29. The highest BCUT2D eigenvalue weighted by atomic mass is 35.5. The smallest absolute Gasteiger partial charge is 0.168 e. The Balaban J connectivity index is 2.02. The average molecular weight is 292 g/mol. The molecule has 20 heavy (non-hydrogen) atoms. The van der Waals surface area contributed by atoms with Gasteiger partial charge in [-0.3, -0.25) is 5.10 Å². The van der Waals surface area contributed by atoms with Gasteiger partial charge in [0.1, 0.15) is 5.15 Å². The number of halogens is 3. The Hall–Kier alpha value is -2.27. The monoisotopic (exact) mass is 291 g/mol. The fourth-order valence-electron chi connectivity index (χ4n) is 1.85. The molecule has 0 unspecified atom stereocenters. The number of nitrogens with one attached hydrogen (secondary N) is 1. The van der Waals surface area contributed by atoms with Crippen molar-refractivity contribution in [3.63, 3.8) is 0 Å². The van der Waals surface area contributed by atoms with Crippen LogP contribution in [0.25, 0.3) is 22.5 Å². The Kier molecular flexibility index (Phi) is 3.20. The lowest BCUT2D eigenvalue weighted by Crippen LogP contribution is -1.88. The Morgan fingerprint density at radius 2 is 1.95 bits per heavy atom. The number of H-pyrrole nitrogens is 1. The Bertz CT molecular complexity index is 753. The summed E-state index contributed by atoms with van der Waals surface area (Å²) in [6.07, 6.45) is 1.56. The van der Waals surface area contributed by atoms with Crippen LogP contribution >= 0.6 is 11.6 Å². The van der Waals surface area contributed by atoms with Gasteiger partial charge in [0.2, 0.25) is 0 Å². The summed E-state index contributed by atoms with van der Waals surface area (Å²) in [4.78, 5) is 3.95. The van der Waals surface area contributed by atoms with Gasteiger partial charge in [-0.1, -0.05) is 17.7 Å². The van der Waals surface area contributed by atoms with E-state index in [4.69, 9.17) is 11.6 Å². The van der Waals surface area contributed by atoms with Gasteiger partial charge in [-0.2, -0.15) is 5.10 Å². The van der Waals surface area contributed by atoms with E-state index in [0.29, 0.717) is 16.5 Å². The predicted molar refractivity (Wildman–Crippen MR) is 72.2 cm³/mol. The first-order chi connectivity index (χ1) is 9.65. The van der Waals surface area contributed by atoms with Crippen LogP contribution in [0.1, 0.15) is 0 Å². The van der Waals surface area contributed by atoms with Crippen LogP contribution in [0.5, 0.6) is 0 Å². The van der Waals surface area contributed by atoms with E-state index < -0.39 is 11.6 Å². The quantitative estimate of drug-likeness (QED) is 0.723. The zero-order chi connectivity index (χ0) is 14.1. The van der Waals surface area contributed by atoms with Crippen molar-refractivity contribution < 1.29 is 8.78 Å². The Morgan fingerprint density at radius 3 is 2.70 bits per heavy atom. The summed E-state index contributed by atoms with van der Waals surface area (Å²) in [5.41, 5.74) is 1.83. The maximum atomic E-state index is 13.7. The van der Waals surface area contributed by atoms with Gasteiger partial charge in [0.15, 0.2) is 11.6 Å². The normalized spacial score (nSPS) is 10.8. The molecule has 1 aromatic carbocycles. The molecule has 0 aliphatic rings. The van der Waals surface area contributed by atoms with Crippen LogP contribution in [0.2, 0.25) is 5.15 Å². The van der Waals surface area contributed by atoms with E-state index in [1.165, 1.54) is 12.1 Å². The van der Waals surface area contributed by atoms with E-state index >= 15 is 0 Å². The molecular weight excluding hydrogens is 284 g/mol. The SMILES string of the molecule is Fc1cccc(-c2cc(-c3ccc(Cl)nc3)n[nH]2)c1F. The summed E-state index contributed by atoms with van der Waals surface area (Å²) in [5.74, 6) is -1.80. The van der Waals surface area contributed by atoms with Crippen LogP contribution in [0, 0.1) is 11.6 Å². The second-order valence-corrected chi connectivity index (χ2v) is 4.53. The molecule has 6 heteroatoms. The molecule has 1 N–H and O–H groups in total. The van der Waals surface area contributed by atoms with Crippen molar-refractivity contribution >= 4 is 11.6 Å². The van der Waals surface area contributed by atoms with Gasteiger partial charge in [-0.15, -0.1) is 0 Å². The summed E-state index contributed by atoms with van der Waals surface area (Å²) in [6.45, 7) is 0. The molecular formula is C14H8ClF2N3.